The molecule has 1 aromatic heterocycles. The summed E-state index contributed by atoms with van der Waals surface area (Å²) in [6, 6.07) is 6.97. The molecule has 0 saturated carbocycles. The Balaban J connectivity index is 1.92. The normalized spacial score (nSPS) is 22.6. The predicted octanol–water partition coefficient (Wildman–Crippen LogP) is 3.46. The van der Waals surface area contributed by atoms with Crippen molar-refractivity contribution in [3.63, 3.8) is 0 Å². The molecule has 1 aliphatic rings. The zero-order valence-electron chi connectivity index (χ0n) is 14.3. The van der Waals surface area contributed by atoms with Crippen molar-refractivity contribution in [2.75, 3.05) is 16.8 Å². The van der Waals surface area contributed by atoms with E-state index in [2.05, 4.69) is 15.3 Å². The first-order valence-corrected chi connectivity index (χ1v) is 10.1. The van der Waals surface area contributed by atoms with Gasteiger partial charge in [-0.3, -0.25) is 18.9 Å². The molecule has 1 amide bonds. The highest BCUT2D eigenvalue weighted by molar-refractivity contribution is 8.24. The number of hydrogen-bond donors (Lipinski definition) is 4. The molecule has 0 aliphatic carbocycles. The first kappa shape index (κ1) is 19.6. The van der Waals surface area contributed by atoms with Gasteiger partial charge >= 0.3 is 0 Å². The van der Waals surface area contributed by atoms with Gasteiger partial charge in [0, 0.05) is 17.4 Å². The van der Waals surface area contributed by atoms with Gasteiger partial charge in [-0.25, -0.2) is 9.37 Å². The number of benzene rings is 1. The topological polar surface area (TPSA) is 121 Å². The number of hydrogen-bond acceptors (Lipinski definition) is 6. The van der Waals surface area contributed by atoms with E-state index in [0.29, 0.717) is 10.7 Å². The number of pyridine rings is 1. The molecule has 1 aromatic carbocycles. The number of anilines is 1. The second-order valence-corrected chi connectivity index (χ2v) is 9.10. The monoisotopic (exact) mass is 412 g/mol. The van der Waals surface area contributed by atoms with Crippen LogP contribution in [0.1, 0.15) is 23.0 Å². The van der Waals surface area contributed by atoms with E-state index in [9.17, 15) is 18.3 Å². The van der Waals surface area contributed by atoms with Crippen molar-refractivity contribution < 1.29 is 18.3 Å². The summed E-state index contributed by atoms with van der Waals surface area (Å²) in [7, 11) is -3.02. The largest absolute Gasteiger partial charge is 0.386 e. The summed E-state index contributed by atoms with van der Waals surface area (Å²) in [5, 5.41) is 3.02. The standard InChI is InChI=1S/C17H18ClFN4O3S/c1-17(9-27(25,26)8-15(20)23-17)12-6-11(3-4-13(12)19)22-16(24)14-5-2-10(18)7-21-14/h2-7,25-26H,8-9H2,1H3,(H2,20,23)(H,22,24)/t17-/m0/s1. The zero-order valence-corrected chi connectivity index (χ0v) is 15.9. The molecule has 10 heteroatoms. The molecule has 0 radical (unpaired) electrons. The van der Waals surface area contributed by atoms with Gasteiger partial charge in [-0.05, 0) is 37.3 Å². The maximum Gasteiger partial charge on any atom is 0.274 e. The molecule has 5 N–H and O–H groups in total. The van der Waals surface area contributed by atoms with E-state index in [1.807, 2.05) is 0 Å². The second-order valence-electron chi connectivity index (χ2n) is 6.48. The average Bonchev–Trinajstić information content (AvgIpc) is 2.54. The minimum Gasteiger partial charge on any atom is -0.386 e. The van der Waals surface area contributed by atoms with E-state index in [0.717, 1.165) is 0 Å². The Morgan fingerprint density at radius 1 is 1.37 bits per heavy atom. The zero-order chi connectivity index (χ0) is 19.8. The summed E-state index contributed by atoms with van der Waals surface area (Å²) in [5.74, 6) is -1.33. The Hall–Kier alpha value is -2.20. The number of amides is 1. The summed E-state index contributed by atoms with van der Waals surface area (Å²) in [5.41, 5.74) is 5.02. The minimum absolute atomic E-state index is 0.0444. The van der Waals surface area contributed by atoms with Crippen LogP contribution in [0.25, 0.3) is 0 Å². The van der Waals surface area contributed by atoms with Crippen LogP contribution in [0, 0.1) is 5.82 Å². The van der Waals surface area contributed by atoms with Crippen LogP contribution in [0.4, 0.5) is 10.1 Å². The van der Waals surface area contributed by atoms with Crippen molar-refractivity contribution in [3.05, 3.63) is 58.6 Å². The summed E-state index contributed by atoms with van der Waals surface area (Å²) in [4.78, 5) is 20.5. The molecular formula is C17H18ClFN4O3S. The Morgan fingerprint density at radius 2 is 2.11 bits per heavy atom. The van der Waals surface area contributed by atoms with Gasteiger partial charge < -0.3 is 11.1 Å². The highest BCUT2D eigenvalue weighted by Gasteiger charge is 2.39. The number of halogens is 2. The number of aliphatic imine (C=N–C) groups is 1. The number of amidine groups is 1. The summed E-state index contributed by atoms with van der Waals surface area (Å²) >= 11 is 5.75. The van der Waals surface area contributed by atoms with Crippen molar-refractivity contribution >= 4 is 39.6 Å². The third-order valence-electron chi connectivity index (χ3n) is 4.05. The number of nitrogens with two attached hydrogens (primary N) is 1. The number of nitrogens with one attached hydrogen (secondary N) is 1. The summed E-state index contributed by atoms with van der Waals surface area (Å²) in [6.07, 6.45) is 1.35. The fourth-order valence-corrected chi connectivity index (χ4v) is 4.85. The Labute approximate surface area is 161 Å². The second kappa shape index (κ2) is 7.08. The molecule has 27 heavy (non-hydrogen) atoms. The Morgan fingerprint density at radius 3 is 2.74 bits per heavy atom. The van der Waals surface area contributed by atoms with Crippen LogP contribution in [-0.4, -0.2) is 37.3 Å². The van der Waals surface area contributed by atoms with Crippen molar-refractivity contribution in [1.82, 2.24) is 4.98 Å². The van der Waals surface area contributed by atoms with Gasteiger partial charge in [0.2, 0.25) is 0 Å². The van der Waals surface area contributed by atoms with E-state index >= 15 is 0 Å². The molecule has 144 valence electrons. The third-order valence-corrected chi connectivity index (χ3v) is 6.05. The lowest BCUT2D eigenvalue weighted by Gasteiger charge is -2.43. The molecule has 0 saturated heterocycles. The molecule has 0 spiro atoms. The number of carbonyl (C=O) groups excluding carboxylic acids is 1. The highest BCUT2D eigenvalue weighted by Crippen LogP contribution is 2.49. The lowest BCUT2D eigenvalue weighted by Crippen LogP contribution is -2.40. The lowest BCUT2D eigenvalue weighted by atomic mass is 9.93. The van der Waals surface area contributed by atoms with Gasteiger partial charge in [0.05, 0.1) is 16.5 Å². The maximum absolute atomic E-state index is 14.5. The highest BCUT2D eigenvalue weighted by atomic mass is 35.5. The van der Waals surface area contributed by atoms with E-state index in [1.165, 1.54) is 36.5 Å². The van der Waals surface area contributed by atoms with Gasteiger partial charge in [0.1, 0.15) is 22.9 Å². The molecule has 0 bridgehead atoms. The van der Waals surface area contributed by atoms with E-state index in [1.54, 1.807) is 6.92 Å². The van der Waals surface area contributed by atoms with Crippen LogP contribution in [0.3, 0.4) is 0 Å². The third kappa shape index (κ3) is 4.38. The van der Waals surface area contributed by atoms with Gasteiger partial charge in [0.15, 0.2) is 0 Å². The van der Waals surface area contributed by atoms with Crippen LogP contribution in [0.5, 0.6) is 0 Å². The number of carbonyl (C=O) groups is 1. The van der Waals surface area contributed by atoms with Crippen LogP contribution in [-0.2, 0) is 5.54 Å². The van der Waals surface area contributed by atoms with Crippen molar-refractivity contribution in [2.24, 2.45) is 10.7 Å². The van der Waals surface area contributed by atoms with Crippen molar-refractivity contribution in [3.8, 4) is 0 Å². The van der Waals surface area contributed by atoms with E-state index < -0.39 is 27.9 Å². The molecule has 2 heterocycles. The first-order valence-electron chi connectivity index (χ1n) is 7.89. The quantitative estimate of drug-likeness (QED) is 0.615. The molecule has 7 nitrogen and oxygen atoms in total. The van der Waals surface area contributed by atoms with Crippen LogP contribution in [0.15, 0.2) is 41.5 Å². The number of nitrogens with zero attached hydrogens (tertiary/aromatic N) is 2. The molecule has 0 unspecified atom stereocenters. The minimum atomic E-state index is -3.02. The van der Waals surface area contributed by atoms with Gasteiger partial charge in [0.25, 0.3) is 5.91 Å². The van der Waals surface area contributed by atoms with Crippen LogP contribution in [0.2, 0.25) is 5.02 Å². The summed E-state index contributed by atoms with van der Waals surface area (Å²) in [6.45, 7) is 1.57. The molecular weight excluding hydrogens is 395 g/mol. The molecule has 0 fully saturated rings. The number of rotatable bonds is 3. The molecule has 3 rings (SSSR count). The Kier molecular flexibility index (Phi) is 5.13. The number of aromatic nitrogens is 1. The summed E-state index contributed by atoms with van der Waals surface area (Å²) < 4.78 is 34.6. The van der Waals surface area contributed by atoms with Crippen molar-refractivity contribution in [2.45, 2.75) is 12.5 Å². The van der Waals surface area contributed by atoms with Crippen molar-refractivity contribution in [1.29, 1.82) is 0 Å². The average molecular weight is 413 g/mol. The molecule has 1 atom stereocenters. The van der Waals surface area contributed by atoms with E-state index in [-0.39, 0.29) is 28.6 Å². The van der Waals surface area contributed by atoms with Gasteiger partial charge in [-0.15, -0.1) is 0 Å². The molecule has 2 aromatic rings. The molecule has 1 aliphatic heterocycles. The maximum atomic E-state index is 14.5. The van der Waals surface area contributed by atoms with Crippen LogP contribution < -0.4 is 11.1 Å². The van der Waals surface area contributed by atoms with Gasteiger partial charge in [-0.2, -0.15) is 10.6 Å². The van der Waals surface area contributed by atoms with Crippen LogP contribution >= 0.6 is 22.2 Å². The smallest absolute Gasteiger partial charge is 0.274 e. The fourth-order valence-electron chi connectivity index (χ4n) is 2.98. The SMILES string of the molecule is C[C@@]1(c2cc(NC(=O)c3ccc(Cl)cn3)ccc2F)CS(O)(O)CC(N)=N1. The van der Waals surface area contributed by atoms with E-state index in [4.69, 9.17) is 17.3 Å². The lowest BCUT2D eigenvalue weighted by molar-refractivity contribution is 0.102. The first-order chi connectivity index (χ1) is 12.6. The predicted molar refractivity (Wildman–Crippen MR) is 105 cm³/mol. The Bertz CT molecular complexity index is 923. The fraction of sp³-hybridized carbons (Fsp3) is 0.235. The van der Waals surface area contributed by atoms with Gasteiger partial charge in [-0.1, -0.05) is 11.6 Å².